The number of fused-ring (bicyclic) bond motifs is 3. The number of para-hydroxylation sites is 2. The summed E-state index contributed by atoms with van der Waals surface area (Å²) >= 11 is 2.34. The van der Waals surface area contributed by atoms with Crippen molar-refractivity contribution in [1.82, 2.24) is 4.57 Å². The van der Waals surface area contributed by atoms with Gasteiger partial charge in [-0.1, -0.05) is 57.2 Å². The van der Waals surface area contributed by atoms with Gasteiger partial charge in [0.15, 0.2) is 7.28 Å². The van der Waals surface area contributed by atoms with E-state index in [9.17, 15) is 0 Å². The van der Waals surface area contributed by atoms with E-state index in [2.05, 4.69) is 122 Å². The van der Waals surface area contributed by atoms with Gasteiger partial charge in [-0.2, -0.15) is 0 Å². The van der Waals surface area contributed by atoms with Gasteiger partial charge < -0.3 is 9.09 Å². The average molecular weight is 592 g/mol. The molecule has 5 heteroatoms. The predicted octanol–water partition coefficient (Wildman–Crippen LogP) is 9.37. The van der Waals surface area contributed by atoms with Gasteiger partial charge in [0.05, 0.1) is 5.69 Å². The van der Waals surface area contributed by atoms with Crippen LogP contribution in [0.2, 0.25) is 0 Å². The molecule has 0 spiro atoms. The van der Waals surface area contributed by atoms with Crippen molar-refractivity contribution >= 4 is 62.7 Å². The van der Waals surface area contributed by atoms with Crippen molar-refractivity contribution in [3.63, 3.8) is 0 Å². The van der Waals surface area contributed by atoms with Gasteiger partial charge in [-0.15, -0.1) is 0 Å². The van der Waals surface area contributed by atoms with Crippen LogP contribution in [-0.2, 0) is 6.54 Å². The number of rotatable bonds is 5. The van der Waals surface area contributed by atoms with E-state index in [1.807, 2.05) is 30.3 Å². The third-order valence-electron chi connectivity index (χ3n) is 6.40. The van der Waals surface area contributed by atoms with Crippen molar-refractivity contribution in [1.29, 1.82) is 0 Å². The van der Waals surface area contributed by atoms with Crippen LogP contribution in [-0.4, -0.2) is 9.72 Å². The minimum atomic E-state index is -2.56. The molecule has 0 saturated heterocycles. The third kappa shape index (κ3) is 4.43. The quantitative estimate of drug-likeness (QED) is 0.148. The van der Waals surface area contributed by atoms with Gasteiger partial charge in [-0.3, -0.25) is 0 Å². The van der Waals surface area contributed by atoms with E-state index < -0.39 is 7.28 Å². The Morgan fingerprint density at radius 3 is 2.14 bits per heavy atom. The van der Waals surface area contributed by atoms with Crippen molar-refractivity contribution < 1.29 is 4.52 Å². The first-order valence-corrected chi connectivity index (χ1v) is 14.7. The first kappa shape index (κ1) is 24.1. The summed E-state index contributed by atoms with van der Waals surface area (Å²) < 4.78 is 16.1. The van der Waals surface area contributed by atoms with Crippen LogP contribution in [0.3, 0.4) is 0 Å². The van der Waals surface area contributed by atoms with Gasteiger partial charge in [0, 0.05) is 42.4 Å². The van der Waals surface area contributed by atoms with Crippen LogP contribution in [0.4, 0.5) is 5.69 Å². The largest absolute Gasteiger partial charge is 0.455 e. The molecule has 5 aromatic rings. The highest BCUT2D eigenvalue weighted by Crippen LogP contribution is 2.62. The summed E-state index contributed by atoms with van der Waals surface area (Å²) in [6.07, 6.45) is 0. The van der Waals surface area contributed by atoms with E-state index in [0.29, 0.717) is 0 Å². The number of hydrogen-bond acceptors (Lipinski definition) is 2. The number of halogens is 1. The first-order chi connectivity index (χ1) is 16.8. The molecule has 0 amide bonds. The van der Waals surface area contributed by atoms with Gasteiger partial charge in [0.2, 0.25) is 0 Å². The Hall–Kier alpha value is -2.56. The molecule has 0 aliphatic heterocycles. The molecular weight excluding hydrogens is 562 g/mol. The zero-order valence-electron chi connectivity index (χ0n) is 20.6. The summed E-state index contributed by atoms with van der Waals surface area (Å²) in [6, 6.07) is 34.0. The molecule has 1 atom stereocenters. The minimum Gasteiger partial charge on any atom is -0.455 e. The van der Waals surface area contributed by atoms with Crippen molar-refractivity contribution in [3.05, 3.63) is 101 Å². The maximum Gasteiger partial charge on any atom is 0.173 e. The number of aryl methyl sites for hydroxylation is 1. The normalized spacial score (nSPS) is 13.6. The highest BCUT2D eigenvalue weighted by atomic mass is 127. The maximum atomic E-state index is 7.02. The summed E-state index contributed by atoms with van der Waals surface area (Å²) in [6.45, 7) is 9.88. The smallest absolute Gasteiger partial charge is 0.173 e. The lowest BCUT2D eigenvalue weighted by Crippen LogP contribution is -2.27. The molecule has 4 aromatic carbocycles. The van der Waals surface area contributed by atoms with Crippen molar-refractivity contribution in [3.8, 4) is 5.75 Å². The van der Waals surface area contributed by atoms with Crippen LogP contribution >= 0.6 is 29.9 Å². The summed E-state index contributed by atoms with van der Waals surface area (Å²) in [5, 5.41) is 3.44. The highest BCUT2D eigenvalue weighted by molar-refractivity contribution is 14.1. The van der Waals surface area contributed by atoms with E-state index in [-0.39, 0.29) is 5.16 Å². The molecule has 35 heavy (non-hydrogen) atoms. The summed E-state index contributed by atoms with van der Waals surface area (Å²) in [7, 11) is -2.56. The topological polar surface area (TPSA) is 26.5 Å². The lowest BCUT2D eigenvalue weighted by molar-refractivity contribution is 0.571. The van der Waals surface area contributed by atoms with Gasteiger partial charge >= 0.3 is 0 Å². The van der Waals surface area contributed by atoms with Gasteiger partial charge in [0.25, 0.3) is 0 Å². The molecule has 178 valence electrons. The third-order valence-corrected chi connectivity index (χ3v) is 10.9. The predicted molar refractivity (Wildman–Crippen MR) is 160 cm³/mol. The second-order valence-corrected chi connectivity index (χ2v) is 14.3. The number of benzene rings is 4. The van der Waals surface area contributed by atoms with E-state index >= 15 is 0 Å². The molecule has 0 aliphatic rings. The Labute approximate surface area is 221 Å². The van der Waals surface area contributed by atoms with Gasteiger partial charge in [-0.05, 0) is 90.2 Å². The van der Waals surface area contributed by atoms with Crippen LogP contribution in [0.25, 0.3) is 21.8 Å². The number of hydrogen-bond donors (Lipinski definition) is 0. The molecule has 5 rings (SSSR count). The van der Waals surface area contributed by atoms with Gasteiger partial charge in [0.1, 0.15) is 5.75 Å². The second kappa shape index (κ2) is 9.48. The van der Waals surface area contributed by atoms with Crippen LogP contribution in [0.1, 0.15) is 27.7 Å². The van der Waals surface area contributed by atoms with Crippen molar-refractivity contribution in [2.75, 3.05) is 0 Å². The number of aromatic nitrogens is 1. The molecular formula is C30H30IN2OP. The standard InChI is InChI=1S/C30H30IN2OP/c1-5-33-28-14-10-9-13-26(28)27-21-25(19-20-29(27)33)35(30(2,3)4,34-24-11-7-6-8-12-24)32-23-17-15-22(31)16-18-23/h6-21H,5H2,1-4H3. The molecule has 0 N–H and O–H groups in total. The molecule has 1 heterocycles. The number of nitrogens with zero attached hydrogens (tertiary/aromatic N) is 2. The van der Waals surface area contributed by atoms with Crippen LogP contribution in [0.5, 0.6) is 5.75 Å². The molecule has 0 saturated carbocycles. The Morgan fingerprint density at radius 1 is 0.800 bits per heavy atom. The Bertz CT molecular complexity index is 1550. The fourth-order valence-electron chi connectivity index (χ4n) is 4.68. The van der Waals surface area contributed by atoms with E-state index in [1.165, 1.54) is 25.4 Å². The molecule has 0 aliphatic carbocycles. The van der Waals surface area contributed by atoms with Crippen LogP contribution in [0, 0.1) is 3.57 Å². The Balaban J connectivity index is 1.84. The monoisotopic (exact) mass is 592 g/mol. The van der Waals surface area contributed by atoms with Crippen molar-refractivity contribution in [2.24, 2.45) is 4.74 Å². The summed E-state index contributed by atoms with van der Waals surface area (Å²) in [4.78, 5) is 0. The Kier molecular flexibility index (Phi) is 6.54. The van der Waals surface area contributed by atoms with Gasteiger partial charge in [-0.25, -0.2) is 4.74 Å². The summed E-state index contributed by atoms with van der Waals surface area (Å²) in [5.74, 6) is 0.848. The molecule has 1 aromatic heterocycles. The fraction of sp³-hybridized carbons (Fsp3) is 0.200. The van der Waals surface area contributed by atoms with E-state index in [1.54, 1.807) is 0 Å². The Morgan fingerprint density at radius 2 is 1.46 bits per heavy atom. The molecule has 0 fully saturated rings. The zero-order chi connectivity index (χ0) is 24.6. The van der Waals surface area contributed by atoms with E-state index in [0.717, 1.165) is 23.3 Å². The summed E-state index contributed by atoms with van der Waals surface area (Å²) in [5.41, 5.74) is 3.46. The first-order valence-electron chi connectivity index (χ1n) is 12.0. The lowest BCUT2D eigenvalue weighted by atomic mass is 10.1. The lowest BCUT2D eigenvalue weighted by Gasteiger charge is -2.37. The van der Waals surface area contributed by atoms with Crippen LogP contribution < -0.4 is 9.83 Å². The highest BCUT2D eigenvalue weighted by Gasteiger charge is 2.39. The SMILES string of the molecule is CCn1c2ccccc2c2cc(P(=Nc3ccc(I)cc3)(Oc3ccccc3)C(C)(C)C)ccc21. The van der Waals surface area contributed by atoms with Crippen molar-refractivity contribution in [2.45, 2.75) is 39.4 Å². The van der Waals surface area contributed by atoms with Crippen LogP contribution in [0.15, 0.2) is 102 Å². The minimum absolute atomic E-state index is 0.233. The fourth-order valence-corrected chi connectivity index (χ4v) is 8.12. The maximum absolute atomic E-state index is 7.02. The molecule has 0 radical (unpaired) electrons. The molecule has 1 unspecified atom stereocenters. The second-order valence-electron chi connectivity index (χ2n) is 9.69. The average Bonchev–Trinajstić information content (AvgIpc) is 3.18. The van der Waals surface area contributed by atoms with E-state index in [4.69, 9.17) is 9.27 Å². The zero-order valence-corrected chi connectivity index (χ0v) is 23.6. The molecule has 0 bridgehead atoms. The molecule has 3 nitrogen and oxygen atoms in total.